The van der Waals surface area contributed by atoms with Gasteiger partial charge in [-0.25, -0.2) is 0 Å². The molecule has 3 rings (SSSR count). The van der Waals surface area contributed by atoms with Gasteiger partial charge in [-0.15, -0.1) is 0 Å². The van der Waals surface area contributed by atoms with Crippen molar-refractivity contribution in [2.75, 3.05) is 26.2 Å². The SMILES string of the molecule is CCN(CC)CCC1(C(N)=O)CCCN1C(=O)C(c1ccccc1)c1ccccc1. The van der Waals surface area contributed by atoms with E-state index < -0.39 is 11.5 Å². The molecule has 0 spiro atoms. The van der Waals surface area contributed by atoms with Crippen molar-refractivity contribution >= 4 is 11.8 Å². The molecule has 0 saturated carbocycles. The molecule has 1 atom stereocenters. The Morgan fingerprint density at radius 1 is 1.00 bits per heavy atom. The van der Waals surface area contributed by atoms with E-state index in [2.05, 4.69) is 18.7 Å². The predicted molar refractivity (Wildman–Crippen MR) is 120 cm³/mol. The lowest BCUT2D eigenvalue weighted by Gasteiger charge is -2.39. The van der Waals surface area contributed by atoms with Crippen LogP contribution in [0.3, 0.4) is 0 Å². The van der Waals surface area contributed by atoms with Gasteiger partial charge in [-0.2, -0.15) is 0 Å². The summed E-state index contributed by atoms with van der Waals surface area (Å²) in [5.41, 5.74) is 6.91. The minimum Gasteiger partial charge on any atom is -0.368 e. The van der Waals surface area contributed by atoms with E-state index >= 15 is 0 Å². The molecule has 2 amide bonds. The fourth-order valence-corrected chi connectivity index (χ4v) is 4.65. The highest BCUT2D eigenvalue weighted by Gasteiger charge is 2.49. The van der Waals surface area contributed by atoms with Crippen LogP contribution in [0, 0.1) is 0 Å². The first-order valence-corrected chi connectivity index (χ1v) is 11.0. The summed E-state index contributed by atoms with van der Waals surface area (Å²) in [7, 11) is 0. The Hall–Kier alpha value is -2.66. The summed E-state index contributed by atoms with van der Waals surface area (Å²) in [6, 6.07) is 19.6. The zero-order valence-electron chi connectivity index (χ0n) is 18.1. The number of rotatable bonds is 9. The minimum atomic E-state index is -0.915. The number of benzene rings is 2. The lowest BCUT2D eigenvalue weighted by atomic mass is 9.86. The van der Waals surface area contributed by atoms with Crippen LogP contribution in [0.2, 0.25) is 0 Å². The van der Waals surface area contributed by atoms with Crippen LogP contribution in [0.25, 0.3) is 0 Å². The van der Waals surface area contributed by atoms with Gasteiger partial charge in [0.05, 0.1) is 5.92 Å². The van der Waals surface area contributed by atoms with E-state index in [1.807, 2.05) is 60.7 Å². The maximum absolute atomic E-state index is 14.0. The fraction of sp³-hybridized carbons (Fsp3) is 0.440. The molecule has 30 heavy (non-hydrogen) atoms. The summed E-state index contributed by atoms with van der Waals surface area (Å²) in [6.45, 7) is 7.36. The van der Waals surface area contributed by atoms with Gasteiger partial charge in [0.15, 0.2) is 0 Å². The van der Waals surface area contributed by atoms with Crippen LogP contribution in [0.4, 0.5) is 0 Å². The molecule has 1 aliphatic rings. The molecule has 0 radical (unpaired) electrons. The van der Waals surface area contributed by atoms with Crippen LogP contribution in [0.15, 0.2) is 60.7 Å². The van der Waals surface area contributed by atoms with Crippen molar-refractivity contribution in [2.45, 2.75) is 44.6 Å². The Balaban J connectivity index is 1.97. The molecule has 2 aromatic carbocycles. The Kier molecular flexibility index (Phi) is 7.27. The molecule has 5 heteroatoms. The van der Waals surface area contributed by atoms with Gasteiger partial charge in [0.25, 0.3) is 0 Å². The quantitative estimate of drug-likeness (QED) is 0.693. The Labute approximate surface area is 179 Å². The second-order valence-corrected chi connectivity index (χ2v) is 8.02. The molecule has 5 nitrogen and oxygen atoms in total. The van der Waals surface area contributed by atoms with Crippen molar-refractivity contribution in [1.29, 1.82) is 0 Å². The van der Waals surface area contributed by atoms with E-state index in [0.29, 0.717) is 19.4 Å². The molecule has 0 bridgehead atoms. The smallest absolute Gasteiger partial charge is 0.243 e. The molecule has 2 N–H and O–H groups in total. The maximum Gasteiger partial charge on any atom is 0.243 e. The molecule has 1 aliphatic heterocycles. The zero-order valence-corrected chi connectivity index (χ0v) is 18.1. The second kappa shape index (κ2) is 9.90. The number of carbonyl (C=O) groups excluding carboxylic acids is 2. The normalized spacial score (nSPS) is 18.9. The summed E-state index contributed by atoms with van der Waals surface area (Å²) in [5.74, 6) is -0.874. The average Bonchev–Trinajstić information content (AvgIpc) is 3.21. The monoisotopic (exact) mass is 407 g/mol. The fourth-order valence-electron chi connectivity index (χ4n) is 4.65. The number of hydrogen-bond donors (Lipinski definition) is 1. The van der Waals surface area contributed by atoms with Crippen LogP contribution >= 0.6 is 0 Å². The van der Waals surface area contributed by atoms with Crippen molar-refractivity contribution in [3.05, 3.63) is 71.8 Å². The number of likely N-dealkylation sites (tertiary alicyclic amines) is 1. The third kappa shape index (κ3) is 4.41. The van der Waals surface area contributed by atoms with Gasteiger partial charge in [0, 0.05) is 13.1 Å². The van der Waals surface area contributed by atoms with Gasteiger partial charge < -0.3 is 15.5 Å². The van der Waals surface area contributed by atoms with Crippen molar-refractivity contribution in [3.63, 3.8) is 0 Å². The van der Waals surface area contributed by atoms with Crippen LogP contribution in [0.1, 0.15) is 50.2 Å². The van der Waals surface area contributed by atoms with Gasteiger partial charge in [-0.3, -0.25) is 9.59 Å². The molecular weight excluding hydrogens is 374 g/mol. The van der Waals surface area contributed by atoms with E-state index in [9.17, 15) is 9.59 Å². The molecule has 1 saturated heterocycles. The molecule has 160 valence electrons. The highest BCUT2D eigenvalue weighted by Crippen LogP contribution is 2.37. The van der Waals surface area contributed by atoms with E-state index in [1.165, 1.54) is 0 Å². The average molecular weight is 408 g/mol. The predicted octanol–water partition coefficient (Wildman–Crippen LogP) is 3.40. The highest BCUT2D eigenvalue weighted by atomic mass is 16.2. The third-order valence-electron chi connectivity index (χ3n) is 6.46. The Morgan fingerprint density at radius 3 is 2.00 bits per heavy atom. The largest absolute Gasteiger partial charge is 0.368 e. The first-order valence-electron chi connectivity index (χ1n) is 11.0. The summed E-state index contributed by atoms with van der Waals surface area (Å²) >= 11 is 0. The zero-order chi connectivity index (χ0) is 21.6. The first-order chi connectivity index (χ1) is 14.5. The van der Waals surface area contributed by atoms with Crippen molar-refractivity contribution in [2.24, 2.45) is 5.73 Å². The topological polar surface area (TPSA) is 66.6 Å². The van der Waals surface area contributed by atoms with Crippen LogP contribution < -0.4 is 5.73 Å². The van der Waals surface area contributed by atoms with Gasteiger partial charge in [-0.05, 0) is 43.5 Å². The molecule has 0 aliphatic carbocycles. The molecule has 1 fully saturated rings. The van der Waals surface area contributed by atoms with Crippen molar-refractivity contribution < 1.29 is 9.59 Å². The number of hydrogen-bond acceptors (Lipinski definition) is 3. The van der Waals surface area contributed by atoms with Gasteiger partial charge in [0.1, 0.15) is 5.54 Å². The molecule has 1 heterocycles. The lowest BCUT2D eigenvalue weighted by molar-refractivity contribution is -0.144. The molecule has 1 unspecified atom stereocenters. The van der Waals surface area contributed by atoms with Gasteiger partial charge in [-0.1, -0.05) is 74.5 Å². The Bertz CT molecular complexity index is 796. The van der Waals surface area contributed by atoms with Gasteiger partial charge >= 0.3 is 0 Å². The standard InChI is InChI=1S/C25H33N3O2/c1-3-27(4-2)19-17-25(24(26)30)16-11-18-28(25)23(29)22(20-12-7-5-8-13-20)21-14-9-6-10-15-21/h5-10,12-15,22H,3-4,11,16-19H2,1-2H3,(H2,26,30). The van der Waals surface area contributed by atoms with Gasteiger partial charge in [0.2, 0.25) is 11.8 Å². The number of nitrogens with two attached hydrogens (primary N) is 1. The Morgan fingerprint density at radius 2 is 1.53 bits per heavy atom. The summed E-state index contributed by atoms with van der Waals surface area (Å²) in [6.07, 6.45) is 2.00. The van der Waals surface area contributed by atoms with Crippen molar-refractivity contribution in [3.8, 4) is 0 Å². The van der Waals surface area contributed by atoms with Crippen LogP contribution in [-0.2, 0) is 9.59 Å². The number of primary amides is 1. The molecule has 0 aromatic heterocycles. The van der Waals surface area contributed by atoms with E-state index in [1.54, 1.807) is 4.90 Å². The summed E-state index contributed by atoms with van der Waals surface area (Å²) < 4.78 is 0. The molecule has 2 aromatic rings. The minimum absolute atomic E-state index is 0.0387. The van der Waals surface area contributed by atoms with Crippen LogP contribution in [-0.4, -0.2) is 53.3 Å². The summed E-state index contributed by atoms with van der Waals surface area (Å²) in [4.78, 5) is 30.7. The highest BCUT2D eigenvalue weighted by molar-refractivity contribution is 5.95. The van der Waals surface area contributed by atoms with E-state index in [0.717, 1.165) is 37.2 Å². The first kappa shape index (κ1) is 22.0. The maximum atomic E-state index is 14.0. The summed E-state index contributed by atoms with van der Waals surface area (Å²) in [5, 5.41) is 0. The van der Waals surface area contributed by atoms with Crippen molar-refractivity contribution in [1.82, 2.24) is 9.80 Å². The number of carbonyl (C=O) groups is 2. The molecular formula is C25H33N3O2. The second-order valence-electron chi connectivity index (χ2n) is 8.02. The van der Waals surface area contributed by atoms with E-state index in [4.69, 9.17) is 5.73 Å². The van der Waals surface area contributed by atoms with E-state index in [-0.39, 0.29) is 11.8 Å². The number of amides is 2. The lowest BCUT2D eigenvalue weighted by Crippen LogP contribution is -2.58. The van der Waals surface area contributed by atoms with Crippen LogP contribution in [0.5, 0.6) is 0 Å². The number of nitrogens with zero attached hydrogens (tertiary/aromatic N) is 2. The third-order valence-corrected chi connectivity index (χ3v) is 6.46.